The molecule has 118 heavy (non-hydrogen) atoms. The molecule has 0 bridgehead atoms. The number of benzene rings is 17. The lowest BCUT2D eigenvalue weighted by molar-refractivity contribution is 0.669. The number of para-hydroxylation sites is 4. The molecular weight excluding hydrogens is 1440 g/mol. The second-order valence-corrected chi connectivity index (χ2v) is 30.2. The highest BCUT2D eigenvalue weighted by atomic mass is 16.3. The summed E-state index contributed by atoms with van der Waals surface area (Å²) in [6.07, 6.45) is 0. The van der Waals surface area contributed by atoms with Crippen LogP contribution in [0.1, 0.15) is 0 Å². The first-order valence-electron chi connectivity index (χ1n) is 39.8. The molecule has 6 heterocycles. The summed E-state index contributed by atoms with van der Waals surface area (Å²) in [5.74, 6) is 2.27. The minimum Gasteiger partial charge on any atom is -0.455 e. The number of aromatic nitrogens is 7. The van der Waals surface area contributed by atoms with Gasteiger partial charge in [0.1, 0.15) is 22.3 Å². The van der Waals surface area contributed by atoms with Crippen molar-refractivity contribution in [2.45, 2.75) is 0 Å². The van der Waals surface area contributed by atoms with E-state index in [9.17, 15) is 0 Å². The fraction of sp³-hybridized carbons (Fsp3) is 0. The zero-order chi connectivity index (χ0) is 77.7. The van der Waals surface area contributed by atoms with E-state index in [1.54, 1.807) is 0 Å². The zero-order valence-corrected chi connectivity index (χ0v) is 63.6. The van der Waals surface area contributed by atoms with Gasteiger partial charge < -0.3 is 18.0 Å². The average Bonchev–Trinajstić information content (AvgIpc) is 1.58. The molecular formula is C109H67N7O2. The van der Waals surface area contributed by atoms with Crippen LogP contribution in [-0.4, -0.2) is 34.1 Å². The SMILES string of the molecule is c1ccc(-c2ccc3oc4c(-c5ccc6c(c5)c5ccccc5n6-c5ccccc5)ccc(-c5nc(-c6ccccc6)nc(-c6cccc(-c7cccc(-c8cccc(-c9cc(-c%10ccc%11c(c%10)c%10ccccc%10n%11-c%10ccccc%10)cc%10c9oc9cccc(-c%11cc(-c%12ccccc%12)nc(-c%12ccccc%12)n%11)c9%10)c8)c7)c6)n5)c4c3c2)cc1. The Morgan fingerprint density at radius 3 is 1.21 bits per heavy atom. The van der Waals surface area contributed by atoms with E-state index in [1.807, 2.05) is 42.5 Å². The Morgan fingerprint density at radius 2 is 0.585 bits per heavy atom. The number of hydrogen-bond acceptors (Lipinski definition) is 7. The van der Waals surface area contributed by atoms with Gasteiger partial charge in [-0.1, -0.05) is 279 Å². The van der Waals surface area contributed by atoms with Crippen molar-refractivity contribution in [1.82, 2.24) is 34.1 Å². The van der Waals surface area contributed by atoms with Crippen molar-refractivity contribution >= 4 is 87.5 Å². The zero-order valence-electron chi connectivity index (χ0n) is 63.6. The van der Waals surface area contributed by atoms with Gasteiger partial charge in [-0.3, -0.25) is 0 Å². The van der Waals surface area contributed by atoms with Crippen LogP contribution < -0.4 is 0 Å². The number of hydrogen-bond donors (Lipinski definition) is 0. The molecule has 0 aliphatic carbocycles. The Hall–Kier alpha value is -16.0. The molecule has 0 unspecified atom stereocenters. The summed E-state index contributed by atoms with van der Waals surface area (Å²) >= 11 is 0. The van der Waals surface area contributed by atoms with E-state index in [0.717, 1.165) is 194 Å². The second kappa shape index (κ2) is 28.0. The summed E-state index contributed by atoms with van der Waals surface area (Å²) in [6, 6.07) is 144. The fourth-order valence-electron chi connectivity index (χ4n) is 17.6. The van der Waals surface area contributed by atoms with Crippen LogP contribution >= 0.6 is 0 Å². The maximum absolute atomic E-state index is 7.28. The van der Waals surface area contributed by atoms with Gasteiger partial charge in [-0.05, 0) is 183 Å². The van der Waals surface area contributed by atoms with Gasteiger partial charge in [-0.25, -0.2) is 24.9 Å². The molecule has 23 rings (SSSR count). The molecule has 0 amide bonds. The minimum atomic E-state index is 0.529. The molecule has 0 N–H and O–H groups in total. The van der Waals surface area contributed by atoms with Gasteiger partial charge in [-0.2, -0.15) is 0 Å². The van der Waals surface area contributed by atoms with Crippen molar-refractivity contribution in [3.8, 4) is 146 Å². The van der Waals surface area contributed by atoms with E-state index in [-0.39, 0.29) is 0 Å². The molecule has 0 radical (unpaired) electrons. The van der Waals surface area contributed by atoms with Gasteiger partial charge in [0.15, 0.2) is 23.3 Å². The quantitative estimate of drug-likeness (QED) is 0.107. The van der Waals surface area contributed by atoms with Crippen molar-refractivity contribution in [1.29, 1.82) is 0 Å². The van der Waals surface area contributed by atoms with Crippen molar-refractivity contribution in [3.63, 3.8) is 0 Å². The highest BCUT2D eigenvalue weighted by molar-refractivity contribution is 6.20. The van der Waals surface area contributed by atoms with Crippen LogP contribution in [0.5, 0.6) is 0 Å². The Kier molecular flexibility index (Phi) is 16.1. The fourth-order valence-corrected chi connectivity index (χ4v) is 17.6. The Morgan fingerprint density at radius 1 is 0.178 bits per heavy atom. The molecule has 9 heteroatoms. The smallest absolute Gasteiger partial charge is 0.164 e. The van der Waals surface area contributed by atoms with Crippen LogP contribution in [0.3, 0.4) is 0 Å². The van der Waals surface area contributed by atoms with Crippen LogP contribution in [0.2, 0.25) is 0 Å². The first-order valence-corrected chi connectivity index (χ1v) is 39.8. The lowest BCUT2D eigenvalue weighted by Gasteiger charge is -2.13. The third-order valence-electron chi connectivity index (χ3n) is 23.2. The number of rotatable bonds is 14. The Balaban J connectivity index is 0.653. The van der Waals surface area contributed by atoms with Gasteiger partial charge >= 0.3 is 0 Å². The van der Waals surface area contributed by atoms with Crippen LogP contribution in [0, 0.1) is 0 Å². The minimum absolute atomic E-state index is 0.529. The van der Waals surface area contributed by atoms with Crippen molar-refractivity contribution in [2.75, 3.05) is 0 Å². The van der Waals surface area contributed by atoms with Crippen LogP contribution in [0.25, 0.3) is 234 Å². The first-order chi connectivity index (χ1) is 58.5. The van der Waals surface area contributed by atoms with Crippen molar-refractivity contribution < 1.29 is 8.83 Å². The highest BCUT2D eigenvalue weighted by Gasteiger charge is 2.26. The normalized spacial score (nSPS) is 11.7. The third-order valence-corrected chi connectivity index (χ3v) is 23.2. The third kappa shape index (κ3) is 11.7. The van der Waals surface area contributed by atoms with Crippen molar-refractivity contribution in [3.05, 3.63) is 406 Å². The number of furan rings is 2. The molecule has 0 atom stereocenters. The Labute approximate surface area is 678 Å². The molecule has 6 aromatic heterocycles. The lowest BCUT2D eigenvalue weighted by atomic mass is 9.92. The van der Waals surface area contributed by atoms with Crippen molar-refractivity contribution in [2.24, 2.45) is 0 Å². The van der Waals surface area contributed by atoms with Crippen LogP contribution in [-0.2, 0) is 0 Å². The van der Waals surface area contributed by atoms with E-state index < -0.39 is 0 Å². The van der Waals surface area contributed by atoms with E-state index in [4.69, 9.17) is 33.8 Å². The number of fused-ring (bicyclic) bond motifs is 12. The predicted octanol–water partition coefficient (Wildman–Crippen LogP) is 28.7. The summed E-state index contributed by atoms with van der Waals surface area (Å²) in [5.41, 5.74) is 29.3. The maximum atomic E-state index is 7.28. The van der Waals surface area contributed by atoms with Gasteiger partial charge in [0.2, 0.25) is 0 Å². The molecule has 17 aromatic carbocycles. The monoisotopic (exact) mass is 1510 g/mol. The van der Waals surface area contributed by atoms with Crippen LogP contribution in [0.15, 0.2) is 415 Å². The number of nitrogens with zero attached hydrogens (tertiary/aromatic N) is 7. The summed E-state index contributed by atoms with van der Waals surface area (Å²) in [5, 5.41) is 8.51. The standard InChI is InChI=1S/C109H67N7O2/c1-7-27-68(28-8-1)76-53-58-100-92(63-76)103-88(55-54-84(105(103)117-100)79-52-57-99-91(64-79)86-46-20-22-49-97(86)116(99)83-43-17-6-18-44-83)109-113-107(71-33-13-4-14-34-71)112-108(114-109)80-40-25-38-75(61-80)73-36-23-35-72(59-73)74-37-24-39-78(60-74)89-65-81(77-51-56-98-90(62-77)85-45-19-21-48-96(85)115(98)82-41-15-5-16-42-82)66-93-102-87(47-26-50-101(102)118-104(89)93)95-67-94(69-29-9-2-10-30-69)110-106(111-95)70-31-11-3-12-32-70/h1-67H. The largest absolute Gasteiger partial charge is 0.455 e. The average molecular weight is 1510 g/mol. The lowest BCUT2D eigenvalue weighted by Crippen LogP contribution is -2.00. The van der Waals surface area contributed by atoms with E-state index >= 15 is 0 Å². The molecule has 0 aliphatic rings. The topological polar surface area (TPSA) is 101 Å². The van der Waals surface area contributed by atoms with Crippen LogP contribution in [0.4, 0.5) is 0 Å². The molecule has 550 valence electrons. The van der Waals surface area contributed by atoms with E-state index in [1.165, 1.54) is 16.2 Å². The van der Waals surface area contributed by atoms with Gasteiger partial charge in [0.25, 0.3) is 0 Å². The molecule has 0 aliphatic heterocycles. The summed E-state index contributed by atoms with van der Waals surface area (Å²) < 4.78 is 19.2. The molecule has 0 saturated carbocycles. The van der Waals surface area contributed by atoms with E-state index in [0.29, 0.717) is 23.3 Å². The molecule has 0 saturated heterocycles. The highest BCUT2D eigenvalue weighted by Crippen LogP contribution is 2.48. The van der Waals surface area contributed by atoms with Gasteiger partial charge in [-0.15, -0.1) is 0 Å². The maximum Gasteiger partial charge on any atom is 0.164 e. The van der Waals surface area contributed by atoms with Gasteiger partial charge in [0.05, 0.1) is 33.5 Å². The predicted molar refractivity (Wildman–Crippen MR) is 484 cm³/mol. The van der Waals surface area contributed by atoms with Gasteiger partial charge in [0, 0.05) is 99.0 Å². The molecule has 0 spiro atoms. The summed E-state index contributed by atoms with van der Waals surface area (Å²) in [7, 11) is 0. The first kappa shape index (κ1) is 67.7. The molecule has 23 aromatic rings. The van der Waals surface area contributed by atoms with E-state index in [2.05, 4.69) is 373 Å². The second-order valence-electron chi connectivity index (χ2n) is 30.2. The Bertz CT molecular complexity index is 7850. The molecule has 0 fully saturated rings. The molecule has 9 nitrogen and oxygen atoms in total. The summed E-state index contributed by atoms with van der Waals surface area (Å²) in [6.45, 7) is 0. The summed E-state index contributed by atoms with van der Waals surface area (Å²) in [4.78, 5) is 26.9.